The van der Waals surface area contributed by atoms with Crippen molar-refractivity contribution in [1.29, 1.82) is 0 Å². The van der Waals surface area contributed by atoms with Crippen LogP contribution in [0.3, 0.4) is 0 Å². The topological polar surface area (TPSA) is 65.2 Å². The summed E-state index contributed by atoms with van der Waals surface area (Å²) in [6, 6.07) is 1.71. The maximum Gasteiger partial charge on any atom is 0.184 e. The number of ether oxygens (including phenoxy) is 1. The van der Waals surface area contributed by atoms with Gasteiger partial charge < -0.3 is 10.5 Å². The van der Waals surface area contributed by atoms with E-state index in [1.54, 1.807) is 18.5 Å². The summed E-state index contributed by atoms with van der Waals surface area (Å²) in [5.41, 5.74) is 5.87. The molecule has 0 unspecified atom stereocenters. The van der Waals surface area contributed by atoms with Gasteiger partial charge in [0.15, 0.2) is 5.78 Å². The van der Waals surface area contributed by atoms with Gasteiger partial charge in [-0.25, -0.2) is 0 Å². The van der Waals surface area contributed by atoms with Crippen LogP contribution in [-0.4, -0.2) is 22.9 Å². The van der Waals surface area contributed by atoms with E-state index in [0.717, 1.165) is 19.3 Å². The third-order valence-electron chi connectivity index (χ3n) is 2.98. The Kier molecular flexibility index (Phi) is 2.92. The van der Waals surface area contributed by atoms with Crippen LogP contribution in [0.4, 0.5) is 0 Å². The number of hydrogen-bond acceptors (Lipinski definition) is 4. The molecule has 0 spiro atoms. The third kappa shape index (κ3) is 1.93. The molecule has 4 nitrogen and oxygen atoms in total. The second-order valence-corrected chi connectivity index (χ2v) is 4.18. The Morgan fingerprint density at radius 3 is 2.88 bits per heavy atom. The van der Waals surface area contributed by atoms with Crippen molar-refractivity contribution in [2.45, 2.75) is 31.7 Å². The van der Waals surface area contributed by atoms with Crippen molar-refractivity contribution in [3.63, 3.8) is 0 Å². The molecular formula is C12H16N2O2. The van der Waals surface area contributed by atoms with Crippen LogP contribution >= 0.6 is 0 Å². The van der Waals surface area contributed by atoms with Crippen molar-refractivity contribution in [2.75, 3.05) is 6.61 Å². The van der Waals surface area contributed by atoms with Gasteiger partial charge in [0.1, 0.15) is 5.75 Å². The molecule has 0 saturated heterocycles. The van der Waals surface area contributed by atoms with Crippen molar-refractivity contribution >= 4 is 5.78 Å². The smallest absolute Gasteiger partial charge is 0.184 e. The SMILES string of the molecule is CCOc1cncc(C(=O)C2(N)CCC2)c1. The molecule has 16 heavy (non-hydrogen) atoms. The molecule has 0 amide bonds. The maximum atomic E-state index is 12.1. The zero-order chi connectivity index (χ0) is 11.6. The zero-order valence-corrected chi connectivity index (χ0v) is 9.40. The predicted molar refractivity (Wildman–Crippen MR) is 60.5 cm³/mol. The number of ketones is 1. The van der Waals surface area contributed by atoms with Crippen LogP contribution in [0.5, 0.6) is 5.75 Å². The van der Waals surface area contributed by atoms with Crippen LogP contribution in [0, 0.1) is 0 Å². The van der Waals surface area contributed by atoms with E-state index in [2.05, 4.69) is 4.98 Å². The van der Waals surface area contributed by atoms with Crippen molar-refractivity contribution in [2.24, 2.45) is 5.73 Å². The monoisotopic (exact) mass is 220 g/mol. The quantitative estimate of drug-likeness (QED) is 0.782. The van der Waals surface area contributed by atoms with Crippen LogP contribution < -0.4 is 10.5 Å². The Labute approximate surface area is 94.8 Å². The lowest BCUT2D eigenvalue weighted by Crippen LogP contribution is -2.53. The van der Waals surface area contributed by atoms with Gasteiger partial charge in [-0.3, -0.25) is 9.78 Å². The number of rotatable bonds is 4. The number of carbonyl (C=O) groups excluding carboxylic acids is 1. The number of nitrogens with two attached hydrogens (primary N) is 1. The first-order valence-electron chi connectivity index (χ1n) is 5.57. The molecule has 1 aliphatic rings. The number of pyridine rings is 1. The summed E-state index contributed by atoms with van der Waals surface area (Å²) in [5.74, 6) is 0.601. The second kappa shape index (κ2) is 4.22. The fourth-order valence-corrected chi connectivity index (χ4v) is 1.86. The standard InChI is InChI=1S/C12H16N2O2/c1-2-16-10-6-9(7-14-8-10)11(15)12(13)4-3-5-12/h6-8H,2-5,13H2,1H3. The van der Waals surface area contributed by atoms with E-state index in [1.165, 1.54) is 0 Å². The second-order valence-electron chi connectivity index (χ2n) is 4.18. The molecule has 0 aliphatic heterocycles. The lowest BCUT2D eigenvalue weighted by atomic mass is 9.73. The van der Waals surface area contributed by atoms with Crippen LogP contribution in [0.25, 0.3) is 0 Å². The van der Waals surface area contributed by atoms with Crippen LogP contribution in [-0.2, 0) is 0 Å². The predicted octanol–water partition coefficient (Wildman–Crippen LogP) is 1.54. The summed E-state index contributed by atoms with van der Waals surface area (Å²) in [6.45, 7) is 2.46. The highest BCUT2D eigenvalue weighted by molar-refractivity contribution is 6.03. The molecule has 1 saturated carbocycles. The highest BCUT2D eigenvalue weighted by Crippen LogP contribution is 2.32. The van der Waals surface area contributed by atoms with E-state index in [4.69, 9.17) is 10.5 Å². The molecule has 0 bridgehead atoms. The van der Waals surface area contributed by atoms with Crippen molar-refractivity contribution in [3.8, 4) is 5.75 Å². The molecule has 1 aromatic heterocycles. The number of Topliss-reactive ketones (excluding diaryl/α,β-unsaturated/α-hetero) is 1. The van der Waals surface area contributed by atoms with Crippen LogP contribution in [0.2, 0.25) is 0 Å². The van der Waals surface area contributed by atoms with E-state index in [9.17, 15) is 4.79 Å². The van der Waals surface area contributed by atoms with Gasteiger partial charge >= 0.3 is 0 Å². The number of hydrogen-bond donors (Lipinski definition) is 1. The van der Waals surface area contributed by atoms with E-state index in [0.29, 0.717) is 17.9 Å². The summed E-state index contributed by atoms with van der Waals surface area (Å²) in [6.07, 6.45) is 5.72. The van der Waals surface area contributed by atoms with E-state index < -0.39 is 5.54 Å². The molecular weight excluding hydrogens is 204 g/mol. The fraction of sp³-hybridized carbons (Fsp3) is 0.500. The Hall–Kier alpha value is -1.42. The number of carbonyl (C=O) groups is 1. The van der Waals surface area contributed by atoms with Gasteiger partial charge in [-0.2, -0.15) is 0 Å². The Morgan fingerprint density at radius 2 is 2.31 bits per heavy atom. The van der Waals surface area contributed by atoms with Crippen molar-refractivity contribution in [3.05, 3.63) is 24.0 Å². The molecule has 2 rings (SSSR count). The first kappa shape index (κ1) is 11.1. The fourth-order valence-electron chi connectivity index (χ4n) is 1.86. The number of nitrogens with zero attached hydrogens (tertiary/aromatic N) is 1. The summed E-state index contributed by atoms with van der Waals surface area (Å²) in [4.78, 5) is 16.1. The molecule has 86 valence electrons. The molecule has 1 fully saturated rings. The van der Waals surface area contributed by atoms with Gasteiger partial charge in [0.2, 0.25) is 0 Å². The average molecular weight is 220 g/mol. The highest BCUT2D eigenvalue weighted by atomic mass is 16.5. The lowest BCUT2D eigenvalue weighted by molar-refractivity contribution is 0.0800. The summed E-state index contributed by atoms with van der Waals surface area (Å²) < 4.78 is 5.31. The molecule has 2 N–H and O–H groups in total. The van der Waals surface area contributed by atoms with Crippen LogP contribution in [0.1, 0.15) is 36.5 Å². The average Bonchev–Trinajstić information content (AvgIpc) is 2.26. The summed E-state index contributed by atoms with van der Waals surface area (Å²) >= 11 is 0. The normalized spacial score (nSPS) is 17.6. The Balaban J connectivity index is 2.19. The molecule has 1 aromatic rings. The molecule has 0 radical (unpaired) electrons. The third-order valence-corrected chi connectivity index (χ3v) is 2.98. The van der Waals surface area contributed by atoms with E-state index in [1.807, 2.05) is 6.92 Å². The molecule has 1 aliphatic carbocycles. The molecule has 0 aromatic carbocycles. The van der Waals surface area contributed by atoms with Gasteiger partial charge in [0.25, 0.3) is 0 Å². The molecule has 4 heteroatoms. The first-order valence-corrected chi connectivity index (χ1v) is 5.57. The minimum absolute atomic E-state index is 0.0206. The molecule has 0 atom stereocenters. The van der Waals surface area contributed by atoms with E-state index >= 15 is 0 Å². The highest BCUT2D eigenvalue weighted by Gasteiger charge is 2.40. The van der Waals surface area contributed by atoms with Crippen molar-refractivity contribution in [1.82, 2.24) is 4.98 Å². The first-order chi connectivity index (χ1) is 7.65. The lowest BCUT2D eigenvalue weighted by Gasteiger charge is -2.36. The zero-order valence-electron chi connectivity index (χ0n) is 9.40. The largest absolute Gasteiger partial charge is 0.492 e. The molecule has 1 heterocycles. The van der Waals surface area contributed by atoms with Crippen molar-refractivity contribution < 1.29 is 9.53 Å². The van der Waals surface area contributed by atoms with Gasteiger partial charge in [-0.1, -0.05) is 0 Å². The van der Waals surface area contributed by atoms with Gasteiger partial charge in [-0.05, 0) is 32.3 Å². The minimum atomic E-state index is -0.660. The van der Waals surface area contributed by atoms with E-state index in [-0.39, 0.29) is 5.78 Å². The Bertz CT molecular complexity index is 400. The van der Waals surface area contributed by atoms with Gasteiger partial charge in [0.05, 0.1) is 18.3 Å². The van der Waals surface area contributed by atoms with Crippen LogP contribution in [0.15, 0.2) is 18.5 Å². The summed E-state index contributed by atoms with van der Waals surface area (Å²) in [5, 5.41) is 0. The van der Waals surface area contributed by atoms with Gasteiger partial charge in [0, 0.05) is 11.8 Å². The minimum Gasteiger partial charge on any atom is -0.492 e. The number of aromatic nitrogens is 1. The van der Waals surface area contributed by atoms with Gasteiger partial charge in [-0.15, -0.1) is 0 Å². The summed E-state index contributed by atoms with van der Waals surface area (Å²) in [7, 11) is 0. The Morgan fingerprint density at radius 1 is 1.56 bits per heavy atom. The maximum absolute atomic E-state index is 12.1.